The second kappa shape index (κ2) is 6.66. The van der Waals surface area contributed by atoms with Crippen molar-refractivity contribution in [2.24, 2.45) is 5.92 Å². The zero-order chi connectivity index (χ0) is 16.4. The first-order chi connectivity index (χ1) is 11.0. The zero-order valence-corrected chi connectivity index (χ0v) is 13.7. The molecule has 0 nitrogen and oxygen atoms in total. The second-order valence-corrected chi connectivity index (χ2v) is 6.67. The fourth-order valence-electron chi connectivity index (χ4n) is 3.14. The van der Waals surface area contributed by atoms with Gasteiger partial charge in [-0.25, -0.2) is 8.78 Å². The molecule has 0 atom stereocenters. The quantitative estimate of drug-likeness (QED) is 0.591. The van der Waals surface area contributed by atoms with Crippen LogP contribution in [-0.4, -0.2) is 0 Å². The molecule has 120 valence electrons. The molecule has 1 saturated carbocycles. The number of hydrogen-bond donors (Lipinski definition) is 0. The summed E-state index contributed by atoms with van der Waals surface area (Å²) in [7, 11) is 0. The van der Waals surface area contributed by atoms with Gasteiger partial charge in [0.25, 0.3) is 0 Å². The Balaban J connectivity index is 1.83. The lowest BCUT2D eigenvalue weighted by Crippen LogP contribution is -2.03. The number of benzene rings is 2. The Morgan fingerprint density at radius 2 is 1.57 bits per heavy atom. The van der Waals surface area contributed by atoms with Gasteiger partial charge in [-0.1, -0.05) is 55.0 Å². The van der Waals surface area contributed by atoms with Crippen LogP contribution >= 0.6 is 0 Å². The lowest BCUT2D eigenvalue weighted by Gasteiger charge is -2.20. The van der Waals surface area contributed by atoms with Crippen LogP contribution in [-0.2, 0) is 0 Å². The van der Waals surface area contributed by atoms with Crippen LogP contribution < -0.4 is 0 Å². The summed E-state index contributed by atoms with van der Waals surface area (Å²) in [6, 6.07) is 11.0. The van der Waals surface area contributed by atoms with Crippen molar-refractivity contribution in [3.8, 4) is 11.1 Å². The molecule has 2 aromatic carbocycles. The van der Waals surface area contributed by atoms with Gasteiger partial charge >= 0.3 is 0 Å². The van der Waals surface area contributed by atoms with Crippen LogP contribution in [0, 0.1) is 24.5 Å². The average molecular weight is 312 g/mol. The standard InChI is InChI=1S/C21H22F2/c1-14-3-6-16(7-4-14)13-17-8-10-18(11-9-17)19-12-5-15(2)20(22)21(19)23/h5,8-14H,3-4,6-7H2,1-2H3. The SMILES string of the molecule is Cc1ccc(-c2ccc(C=C3CCC(C)CC3)cc2)c(F)c1F. The molecule has 2 aromatic rings. The Hall–Kier alpha value is -1.96. The van der Waals surface area contributed by atoms with Gasteiger partial charge in [0, 0.05) is 5.56 Å². The smallest absolute Gasteiger partial charge is 0.166 e. The van der Waals surface area contributed by atoms with Crippen LogP contribution in [0.1, 0.15) is 43.7 Å². The van der Waals surface area contributed by atoms with Gasteiger partial charge in [0.1, 0.15) is 0 Å². The van der Waals surface area contributed by atoms with Gasteiger partial charge in [-0.2, -0.15) is 0 Å². The topological polar surface area (TPSA) is 0 Å². The third-order valence-electron chi connectivity index (χ3n) is 4.78. The van der Waals surface area contributed by atoms with Crippen molar-refractivity contribution in [3.05, 3.63) is 64.7 Å². The predicted molar refractivity (Wildman–Crippen MR) is 92.1 cm³/mol. The van der Waals surface area contributed by atoms with E-state index in [0.717, 1.165) is 11.5 Å². The molecule has 0 amide bonds. The van der Waals surface area contributed by atoms with Crippen LogP contribution in [0.2, 0.25) is 0 Å². The highest BCUT2D eigenvalue weighted by molar-refractivity contribution is 5.67. The van der Waals surface area contributed by atoms with E-state index in [1.165, 1.54) is 31.3 Å². The van der Waals surface area contributed by atoms with Crippen molar-refractivity contribution >= 4 is 6.08 Å². The summed E-state index contributed by atoms with van der Waals surface area (Å²) in [5, 5.41) is 0. The number of allylic oxidation sites excluding steroid dienone is 1. The normalized spacial score (nSPS) is 18.1. The van der Waals surface area contributed by atoms with Crippen LogP contribution in [0.5, 0.6) is 0 Å². The van der Waals surface area contributed by atoms with Crippen LogP contribution in [0.15, 0.2) is 42.0 Å². The summed E-state index contributed by atoms with van der Waals surface area (Å²) in [6.07, 6.45) is 7.10. The number of aryl methyl sites for hydroxylation is 1. The van der Waals surface area contributed by atoms with Gasteiger partial charge in [0.2, 0.25) is 0 Å². The molecule has 0 aliphatic heterocycles. The van der Waals surface area contributed by atoms with E-state index in [0.29, 0.717) is 16.7 Å². The molecule has 1 fully saturated rings. The van der Waals surface area contributed by atoms with E-state index in [-0.39, 0.29) is 0 Å². The second-order valence-electron chi connectivity index (χ2n) is 6.67. The van der Waals surface area contributed by atoms with E-state index in [2.05, 4.69) is 13.0 Å². The molecule has 1 aliphatic carbocycles. The minimum atomic E-state index is -0.766. The summed E-state index contributed by atoms with van der Waals surface area (Å²) in [5.74, 6) is -0.698. The molecule has 2 heteroatoms. The fraction of sp³-hybridized carbons (Fsp3) is 0.333. The van der Waals surface area contributed by atoms with E-state index in [1.807, 2.05) is 24.3 Å². The molecular weight excluding hydrogens is 290 g/mol. The van der Waals surface area contributed by atoms with Crippen molar-refractivity contribution in [3.63, 3.8) is 0 Å². The molecule has 0 aromatic heterocycles. The maximum Gasteiger partial charge on any atom is 0.166 e. The van der Waals surface area contributed by atoms with Gasteiger partial charge in [0.05, 0.1) is 0 Å². The van der Waals surface area contributed by atoms with Gasteiger partial charge in [-0.3, -0.25) is 0 Å². The van der Waals surface area contributed by atoms with E-state index in [4.69, 9.17) is 0 Å². The summed E-state index contributed by atoms with van der Waals surface area (Å²) < 4.78 is 27.8. The summed E-state index contributed by atoms with van der Waals surface area (Å²) in [6.45, 7) is 3.88. The highest BCUT2D eigenvalue weighted by atomic mass is 19.2. The van der Waals surface area contributed by atoms with E-state index in [1.54, 1.807) is 19.1 Å². The Labute approximate surface area is 136 Å². The highest BCUT2D eigenvalue weighted by Gasteiger charge is 2.13. The molecule has 0 spiro atoms. The molecule has 0 unspecified atom stereocenters. The first-order valence-electron chi connectivity index (χ1n) is 8.29. The van der Waals surface area contributed by atoms with Gasteiger partial charge in [-0.05, 0) is 55.2 Å². The fourth-order valence-corrected chi connectivity index (χ4v) is 3.14. The molecule has 0 bridgehead atoms. The number of hydrogen-bond acceptors (Lipinski definition) is 0. The van der Waals surface area contributed by atoms with E-state index >= 15 is 0 Å². The minimum absolute atomic E-state index is 0.318. The van der Waals surface area contributed by atoms with E-state index < -0.39 is 11.6 Å². The van der Waals surface area contributed by atoms with Crippen LogP contribution in [0.25, 0.3) is 17.2 Å². The van der Waals surface area contributed by atoms with Crippen molar-refractivity contribution in [2.45, 2.75) is 39.5 Å². The Morgan fingerprint density at radius 3 is 2.22 bits per heavy atom. The monoisotopic (exact) mass is 312 g/mol. The molecule has 0 radical (unpaired) electrons. The third kappa shape index (κ3) is 3.52. The lowest BCUT2D eigenvalue weighted by atomic mass is 9.86. The van der Waals surface area contributed by atoms with Gasteiger partial charge < -0.3 is 0 Å². The molecule has 1 aliphatic rings. The van der Waals surface area contributed by atoms with Gasteiger partial charge in [-0.15, -0.1) is 0 Å². The Morgan fingerprint density at radius 1 is 0.913 bits per heavy atom. The van der Waals surface area contributed by atoms with Crippen molar-refractivity contribution in [1.82, 2.24) is 0 Å². The zero-order valence-electron chi connectivity index (χ0n) is 13.7. The molecule has 3 rings (SSSR count). The molecule has 0 saturated heterocycles. The minimum Gasteiger partial charge on any atom is -0.203 e. The summed E-state index contributed by atoms with van der Waals surface area (Å²) in [4.78, 5) is 0. The highest BCUT2D eigenvalue weighted by Crippen LogP contribution is 2.30. The maximum atomic E-state index is 14.1. The summed E-state index contributed by atoms with van der Waals surface area (Å²) >= 11 is 0. The first kappa shape index (κ1) is 15.9. The van der Waals surface area contributed by atoms with Crippen molar-refractivity contribution in [2.75, 3.05) is 0 Å². The number of rotatable bonds is 2. The lowest BCUT2D eigenvalue weighted by molar-refractivity contribution is 0.446. The van der Waals surface area contributed by atoms with Gasteiger partial charge in [0.15, 0.2) is 11.6 Å². The third-order valence-corrected chi connectivity index (χ3v) is 4.78. The molecule has 23 heavy (non-hydrogen) atoms. The maximum absolute atomic E-state index is 14.1. The molecular formula is C21H22F2. The van der Waals surface area contributed by atoms with Crippen molar-refractivity contribution < 1.29 is 8.78 Å². The van der Waals surface area contributed by atoms with Crippen molar-refractivity contribution in [1.29, 1.82) is 0 Å². The van der Waals surface area contributed by atoms with Crippen LogP contribution in [0.4, 0.5) is 8.78 Å². The summed E-state index contributed by atoms with van der Waals surface area (Å²) in [5.41, 5.74) is 3.98. The number of halogens is 2. The average Bonchev–Trinajstić information content (AvgIpc) is 2.56. The van der Waals surface area contributed by atoms with E-state index in [9.17, 15) is 8.78 Å². The predicted octanol–water partition coefficient (Wildman–Crippen LogP) is 6.53. The Kier molecular flexibility index (Phi) is 4.61. The molecule has 0 N–H and O–H groups in total. The Bertz CT molecular complexity index is 716. The largest absolute Gasteiger partial charge is 0.203 e. The molecule has 0 heterocycles. The van der Waals surface area contributed by atoms with Crippen LogP contribution in [0.3, 0.4) is 0 Å². The first-order valence-corrected chi connectivity index (χ1v) is 8.29.